The monoisotopic (exact) mass is 647 g/mol. The number of aryl methyl sites for hydroxylation is 2. The molecule has 0 bridgehead atoms. The summed E-state index contributed by atoms with van der Waals surface area (Å²) in [6, 6.07) is 27.1. The number of nitrogens with zero attached hydrogens (tertiary/aromatic N) is 2. The lowest BCUT2D eigenvalue weighted by Crippen LogP contribution is -2.53. The number of halogens is 1. The van der Waals surface area contributed by atoms with Crippen LogP contribution in [0.25, 0.3) is 0 Å². The van der Waals surface area contributed by atoms with Crippen molar-refractivity contribution < 1.29 is 22.7 Å². The maximum absolute atomic E-state index is 14.6. The van der Waals surface area contributed by atoms with Crippen LogP contribution >= 0.6 is 11.6 Å². The Morgan fingerprint density at radius 3 is 2.18 bits per heavy atom. The molecule has 2 amide bonds. The Morgan fingerprint density at radius 2 is 1.53 bits per heavy atom. The molecule has 1 atom stereocenters. The van der Waals surface area contributed by atoms with Gasteiger partial charge in [-0.05, 0) is 67.8 Å². The van der Waals surface area contributed by atoms with Gasteiger partial charge in [-0.25, -0.2) is 8.42 Å². The molecule has 0 fully saturated rings. The number of anilines is 1. The van der Waals surface area contributed by atoms with Crippen molar-refractivity contribution in [1.29, 1.82) is 0 Å². The minimum atomic E-state index is -4.27. The molecule has 0 aliphatic rings. The molecule has 0 spiro atoms. The predicted octanol–water partition coefficient (Wildman–Crippen LogP) is 5.94. The highest BCUT2D eigenvalue weighted by atomic mass is 35.5. The Labute approximate surface area is 270 Å². The second-order valence-corrected chi connectivity index (χ2v) is 13.0. The van der Waals surface area contributed by atoms with E-state index < -0.39 is 28.5 Å². The quantitative estimate of drug-likeness (QED) is 0.194. The van der Waals surface area contributed by atoms with Crippen molar-refractivity contribution in [2.24, 2.45) is 0 Å². The van der Waals surface area contributed by atoms with Gasteiger partial charge in [0, 0.05) is 24.5 Å². The average Bonchev–Trinajstić information content (AvgIpc) is 3.03. The zero-order valence-corrected chi connectivity index (χ0v) is 27.4. The Bertz CT molecular complexity index is 1730. The first-order valence-corrected chi connectivity index (χ1v) is 16.5. The van der Waals surface area contributed by atoms with Crippen molar-refractivity contribution in [2.75, 3.05) is 24.5 Å². The molecule has 1 N–H and O–H groups in total. The van der Waals surface area contributed by atoms with Crippen LogP contribution < -0.4 is 14.4 Å². The number of rotatable bonds is 13. The van der Waals surface area contributed by atoms with Crippen LogP contribution in [0.4, 0.5) is 5.69 Å². The van der Waals surface area contributed by atoms with Gasteiger partial charge in [0.2, 0.25) is 11.8 Å². The molecule has 0 aliphatic heterocycles. The molecule has 4 aromatic carbocycles. The first-order chi connectivity index (χ1) is 21.5. The zero-order chi connectivity index (χ0) is 32.6. The van der Waals surface area contributed by atoms with E-state index in [0.717, 1.165) is 21.0 Å². The van der Waals surface area contributed by atoms with Crippen LogP contribution in [0.15, 0.2) is 102 Å². The maximum Gasteiger partial charge on any atom is 0.264 e. The second-order valence-electron chi connectivity index (χ2n) is 10.7. The number of ether oxygens (including phenoxy) is 1. The van der Waals surface area contributed by atoms with Crippen molar-refractivity contribution in [3.05, 3.63) is 124 Å². The number of methoxy groups -OCH3 is 1. The zero-order valence-electron chi connectivity index (χ0n) is 25.9. The molecule has 0 saturated carbocycles. The second kappa shape index (κ2) is 15.1. The summed E-state index contributed by atoms with van der Waals surface area (Å²) < 4.78 is 35.2. The number of carbonyl (C=O) groups is 2. The van der Waals surface area contributed by atoms with Gasteiger partial charge in [-0.2, -0.15) is 0 Å². The number of nitrogens with one attached hydrogen (secondary N) is 1. The summed E-state index contributed by atoms with van der Waals surface area (Å²) in [7, 11) is -2.82. The summed E-state index contributed by atoms with van der Waals surface area (Å²) in [4.78, 5) is 29.6. The van der Waals surface area contributed by atoms with Crippen LogP contribution in [0.3, 0.4) is 0 Å². The van der Waals surface area contributed by atoms with Gasteiger partial charge in [0.05, 0.1) is 17.7 Å². The molecule has 10 heteroatoms. The Balaban J connectivity index is 1.85. The van der Waals surface area contributed by atoms with E-state index in [1.807, 2.05) is 44.2 Å². The first kappa shape index (κ1) is 33.6. The van der Waals surface area contributed by atoms with Crippen LogP contribution in [0.1, 0.15) is 29.2 Å². The molecule has 0 aliphatic carbocycles. The van der Waals surface area contributed by atoms with E-state index in [-0.39, 0.29) is 35.2 Å². The largest absolute Gasteiger partial charge is 0.495 e. The summed E-state index contributed by atoms with van der Waals surface area (Å²) in [5.41, 5.74) is 3.34. The number of hydrogen-bond donors (Lipinski definition) is 1. The number of sulfonamides is 1. The minimum absolute atomic E-state index is 0.0173. The van der Waals surface area contributed by atoms with Crippen LogP contribution in [0.5, 0.6) is 5.75 Å². The Hall–Kier alpha value is -4.34. The molecule has 8 nitrogen and oxygen atoms in total. The lowest BCUT2D eigenvalue weighted by atomic mass is 10.0. The molecule has 0 unspecified atom stereocenters. The molecule has 45 heavy (non-hydrogen) atoms. The van der Waals surface area contributed by atoms with Gasteiger partial charge in [-0.15, -0.1) is 0 Å². The fourth-order valence-corrected chi connectivity index (χ4v) is 6.61. The molecular weight excluding hydrogens is 610 g/mol. The summed E-state index contributed by atoms with van der Waals surface area (Å²) in [5.74, 6) is -0.657. The third-order valence-electron chi connectivity index (χ3n) is 7.41. The number of hydrogen-bond acceptors (Lipinski definition) is 5. The van der Waals surface area contributed by atoms with E-state index in [9.17, 15) is 18.0 Å². The van der Waals surface area contributed by atoms with Gasteiger partial charge in [0.15, 0.2) is 0 Å². The van der Waals surface area contributed by atoms with E-state index >= 15 is 0 Å². The van der Waals surface area contributed by atoms with Crippen molar-refractivity contribution in [2.45, 2.75) is 44.7 Å². The van der Waals surface area contributed by atoms with Gasteiger partial charge in [0.25, 0.3) is 10.0 Å². The summed E-state index contributed by atoms with van der Waals surface area (Å²) in [6.07, 6.45) is 0.210. The lowest BCUT2D eigenvalue weighted by molar-refractivity contribution is -0.140. The van der Waals surface area contributed by atoms with Crippen LogP contribution in [-0.2, 0) is 32.6 Å². The Kier molecular flexibility index (Phi) is 11.3. The van der Waals surface area contributed by atoms with E-state index in [2.05, 4.69) is 5.32 Å². The van der Waals surface area contributed by atoms with Crippen molar-refractivity contribution >= 4 is 39.1 Å². The van der Waals surface area contributed by atoms with Gasteiger partial charge in [-0.1, -0.05) is 83.9 Å². The smallest absolute Gasteiger partial charge is 0.264 e. The molecule has 0 saturated heterocycles. The maximum atomic E-state index is 14.6. The Morgan fingerprint density at radius 1 is 0.889 bits per heavy atom. The van der Waals surface area contributed by atoms with E-state index in [0.29, 0.717) is 17.1 Å². The molecular formula is C35H38ClN3O5S. The van der Waals surface area contributed by atoms with Gasteiger partial charge < -0.3 is 15.0 Å². The fraction of sp³-hybridized carbons (Fsp3) is 0.257. The van der Waals surface area contributed by atoms with E-state index in [1.165, 1.54) is 24.1 Å². The highest BCUT2D eigenvalue weighted by Crippen LogP contribution is 2.34. The van der Waals surface area contributed by atoms with Gasteiger partial charge >= 0.3 is 0 Å². The third kappa shape index (κ3) is 8.23. The lowest BCUT2D eigenvalue weighted by Gasteiger charge is -2.34. The predicted molar refractivity (Wildman–Crippen MR) is 178 cm³/mol. The van der Waals surface area contributed by atoms with Crippen molar-refractivity contribution in [1.82, 2.24) is 10.2 Å². The summed E-state index contributed by atoms with van der Waals surface area (Å²) >= 11 is 6.54. The highest BCUT2D eigenvalue weighted by molar-refractivity contribution is 7.92. The van der Waals surface area contributed by atoms with E-state index in [1.54, 1.807) is 61.5 Å². The van der Waals surface area contributed by atoms with Crippen LogP contribution in [0.2, 0.25) is 5.02 Å². The summed E-state index contributed by atoms with van der Waals surface area (Å²) in [6.45, 7) is 5.24. The standard InChI is InChI=1S/C35H38ClN3O5S/c1-5-37-35(41)32(22-27-11-7-6-8-12-27)38(23-28-13-9-10-14-30(28)36)34(40)24-39(31-21-26(3)17-20-33(31)44-4)45(42,43)29-18-15-25(2)16-19-29/h6-21,32H,5,22-24H2,1-4H3,(H,37,41)/t32-/m0/s1. The van der Waals surface area contributed by atoms with Gasteiger partial charge in [-0.3, -0.25) is 13.9 Å². The number of benzene rings is 4. The average molecular weight is 648 g/mol. The van der Waals surface area contributed by atoms with Gasteiger partial charge in [0.1, 0.15) is 18.3 Å². The molecule has 0 radical (unpaired) electrons. The topological polar surface area (TPSA) is 96.0 Å². The molecule has 0 heterocycles. The number of carbonyl (C=O) groups excluding carboxylic acids is 2. The fourth-order valence-electron chi connectivity index (χ4n) is 5.00. The number of likely N-dealkylation sites (N-methyl/N-ethyl adjacent to an activating group) is 1. The summed E-state index contributed by atoms with van der Waals surface area (Å²) in [5, 5.41) is 3.28. The SMILES string of the molecule is CCNC(=O)[C@H](Cc1ccccc1)N(Cc1ccccc1Cl)C(=O)CN(c1cc(C)ccc1OC)S(=O)(=O)c1ccc(C)cc1. The van der Waals surface area contributed by atoms with Crippen LogP contribution in [0, 0.1) is 13.8 Å². The highest BCUT2D eigenvalue weighted by Gasteiger charge is 2.35. The van der Waals surface area contributed by atoms with Crippen LogP contribution in [-0.4, -0.2) is 51.4 Å². The van der Waals surface area contributed by atoms with Crippen molar-refractivity contribution in [3.8, 4) is 5.75 Å². The minimum Gasteiger partial charge on any atom is -0.495 e. The normalized spacial score (nSPS) is 11.8. The number of amides is 2. The molecule has 0 aromatic heterocycles. The van der Waals surface area contributed by atoms with E-state index in [4.69, 9.17) is 16.3 Å². The third-order valence-corrected chi connectivity index (χ3v) is 9.55. The molecule has 4 aromatic rings. The van der Waals surface area contributed by atoms with Crippen molar-refractivity contribution in [3.63, 3.8) is 0 Å². The first-order valence-electron chi connectivity index (χ1n) is 14.6. The molecule has 4 rings (SSSR count). The molecule has 236 valence electrons.